The van der Waals surface area contributed by atoms with Crippen molar-refractivity contribution in [2.75, 3.05) is 5.32 Å². The molecule has 2 rings (SSSR count). The summed E-state index contributed by atoms with van der Waals surface area (Å²) in [6.45, 7) is 2.11. The minimum Gasteiger partial charge on any atom is -0.334 e. The van der Waals surface area contributed by atoms with Crippen LogP contribution in [-0.4, -0.2) is 14.9 Å². The summed E-state index contributed by atoms with van der Waals surface area (Å²) in [4.78, 5) is 17.8. The Morgan fingerprint density at radius 3 is 2.65 bits per heavy atom. The van der Waals surface area contributed by atoms with Crippen molar-refractivity contribution in [3.05, 3.63) is 51.4 Å². The highest BCUT2D eigenvalue weighted by atomic mass is 35.5. The van der Waals surface area contributed by atoms with Crippen LogP contribution >= 0.6 is 11.6 Å². The van der Waals surface area contributed by atoms with E-state index < -0.39 is 4.92 Å². The predicted octanol–water partition coefficient (Wildman–Crippen LogP) is 3.73. The van der Waals surface area contributed by atoms with Gasteiger partial charge < -0.3 is 5.32 Å². The van der Waals surface area contributed by atoms with Crippen molar-refractivity contribution in [2.45, 2.75) is 19.8 Å². The third-order valence-electron chi connectivity index (χ3n) is 2.69. The Labute approximate surface area is 121 Å². The van der Waals surface area contributed by atoms with Crippen molar-refractivity contribution >= 4 is 28.8 Å². The Morgan fingerprint density at radius 1 is 1.35 bits per heavy atom. The standard InChI is InChI=1S/C13H13ClN4O2/c1-2-3-9-4-6-10(7-5-9)16-12-11(18(19)20)8-15-13(14)17-12/h4-8H,2-3H2,1H3,(H,15,16,17). The van der Waals surface area contributed by atoms with Crippen LogP contribution in [-0.2, 0) is 6.42 Å². The van der Waals surface area contributed by atoms with Crippen LogP contribution in [0, 0.1) is 10.1 Å². The lowest BCUT2D eigenvalue weighted by Crippen LogP contribution is -2.01. The molecular weight excluding hydrogens is 280 g/mol. The first-order valence-corrected chi connectivity index (χ1v) is 6.51. The molecule has 20 heavy (non-hydrogen) atoms. The molecule has 1 heterocycles. The van der Waals surface area contributed by atoms with Gasteiger partial charge in [-0.3, -0.25) is 10.1 Å². The van der Waals surface area contributed by atoms with E-state index in [0.717, 1.165) is 19.0 Å². The van der Waals surface area contributed by atoms with Crippen LogP contribution in [0.15, 0.2) is 30.5 Å². The number of anilines is 2. The maximum atomic E-state index is 10.9. The van der Waals surface area contributed by atoms with E-state index in [2.05, 4.69) is 22.2 Å². The SMILES string of the molecule is CCCc1ccc(Nc2nc(Cl)ncc2[N+](=O)[O-])cc1. The van der Waals surface area contributed by atoms with Crippen LogP contribution in [0.1, 0.15) is 18.9 Å². The van der Waals surface area contributed by atoms with E-state index in [9.17, 15) is 10.1 Å². The van der Waals surface area contributed by atoms with Gasteiger partial charge in [-0.05, 0) is 35.7 Å². The average Bonchev–Trinajstić information content (AvgIpc) is 2.41. The van der Waals surface area contributed by atoms with Crippen molar-refractivity contribution in [3.63, 3.8) is 0 Å². The molecule has 0 aliphatic carbocycles. The molecule has 2 aromatic rings. The number of benzene rings is 1. The fourth-order valence-electron chi connectivity index (χ4n) is 1.76. The molecule has 1 aromatic carbocycles. The Balaban J connectivity index is 2.25. The van der Waals surface area contributed by atoms with Crippen LogP contribution < -0.4 is 5.32 Å². The summed E-state index contributed by atoms with van der Waals surface area (Å²) < 4.78 is 0. The first-order valence-electron chi connectivity index (χ1n) is 6.13. The summed E-state index contributed by atoms with van der Waals surface area (Å²) in [6.07, 6.45) is 3.16. The molecule has 6 nitrogen and oxygen atoms in total. The van der Waals surface area contributed by atoms with E-state index in [1.165, 1.54) is 5.56 Å². The molecule has 104 valence electrons. The van der Waals surface area contributed by atoms with Gasteiger partial charge in [0, 0.05) is 5.69 Å². The molecule has 0 unspecified atom stereocenters. The average molecular weight is 293 g/mol. The monoisotopic (exact) mass is 292 g/mol. The fourth-order valence-corrected chi connectivity index (χ4v) is 1.89. The first kappa shape index (κ1) is 14.2. The molecular formula is C13H13ClN4O2. The van der Waals surface area contributed by atoms with Gasteiger partial charge in [-0.25, -0.2) is 4.98 Å². The van der Waals surface area contributed by atoms with Crippen LogP contribution in [0.4, 0.5) is 17.2 Å². The van der Waals surface area contributed by atoms with Crippen molar-refractivity contribution in [2.24, 2.45) is 0 Å². The lowest BCUT2D eigenvalue weighted by atomic mass is 10.1. The van der Waals surface area contributed by atoms with Gasteiger partial charge in [0.05, 0.1) is 4.92 Å². The van der Waals surface area contributed by atoms with Crippen LogP contribution in [0.2, 0.25) is 5.28 Å². The number of halogens is 1. The molecule has 0 amide bonds. The van der Waals surface area contributed by atoms with Gasteiger partial charge in [-0.2, -0.15) is 4.98 Å². The van der Waals surface area contributed by atoms with Crippen LogP contribution in [0.3, 0.4) is 0 Å². The number of aryl methyl sites for hydroxylation is 1. The second-order valence-corrected chi connectivity index (χ2v) is 4.54. The van der Waals surface area contributed by atoms with Crippen molar-refractivity contribution in [1.82, 2.24) is 9.97 Å². The molecule has 0 aliphatic heterocycles. The molecule has 0 saturated carbocycles. The second kappa shape index (κ2) is 6.29. The smallest absolute Gasteiger partial charge is 0.329 e. The third kappa shape index (κ3) is 3.42. The van der Waals surface area contributed by atoms with E-state index in [1.54, 1.807) is 0 Å². The molecule has 1 aromatic heterocycles. The lowest BCUT2D eigenvalue weighted by molar-refractivity contribution is -0.384. The van der Waals surface area contributed by atoms with Gasteiger partial charge in [0.2, 0.25) is 11.1 Å². The Morgan fingerprint density at radius 2 is 2.05 bits per heavy atom. The lowest BCUT2D eigenvalue weighted by Gasteiger charge is -2.07. The van der Waals surface area contributed by atoms with Crippen molar-refractivity contribution in [3.8, 4) is 0 Å². The maximum absolute atomic E-state index is 10.9. The largest absolute Gasteiger partial charge is 0.334 e. The highest BCUT2D eigenvalue weighted by Gasteiger charge is 2.16. The quantitative estimate of drug-likeness (QED) is 0.516. The summed E-state index contributed by atoms with van der Waals surface area (Å²) >= 11 is 5.67. The number of rotatable bonds is 5. The Bertz CT molecular complexity index is 616. The molecule has 0 fully saturated rings. The number of aromatic nitrogens is 2. The van der Waals surface area contributed by atoms with Crippen LogP contribution in [0.25, 0.3) is 0 Å². The summed E-state index contributed by atoms with van der Waals surface area (Å²) in [6, 6.07) is 7.65. The summed E-state index contributed by atoms with van der Waals surface area (Å²) in [5.41, 5.74) is 1.71. The zero-order valence-electron chi connectivity index (χ0n) is 10.8. The predicted molar refractivity (Wildman–Crippen MR) is 77.4 cm³/mol. The van der Waals surface area contributed by atoms with E-state index >= 15 is 0 Å². The highest BCUT2D eigenvalue weighted by Crippen LogP contribution is 2.25. The van der Waals surface area contributed by atoms with Gasteiger partial charge >= 0.3 is 5.69 Å². The molecule has 1 N–H and O–H groups in total. The van der Waals surface area contributed by atoms with Crippen LogP contribution in [0.5, 0.6) is 0 Å². The maximum Gasteiger partial charge on any atom is 0.329 e. The number of hydrogen-bond acceptors (Lipinski definition) is 5. The van der Waals surface area contributed by atoms with E-state index in [-0.39, 0.29) is 16.8 Å². The Hall–Kier alpha value is -2.21. The molecule has 0 atom stereocenters. The van der Waals surface area contributed by atoms with E-state index in [4.69, 9.17) is 11.6 Å². The fraction of sp³-hybridized carbons (Fsp3) is 0.231. The zero-order valence-corrected chi connectivity index (χ0v) is 11.6. The minimum atomic E-state index is -0.551. The number of nitrogens with one attached hydrogen (secondary N) is 1. The summed E-state index contributed by atoms with van der Waals surface area (Å²) in [5, 5.41) is 13.8. The summed E-state index contributed by atoms with van der Waals surface area (Å²) in [5.74, 6) is 0.0817. The number of nitrogens with zero attached hydrogens (tertiary/aromatic N) is 3. The Kier molecular flexibility index (Phi) is 4.47. The molecule has 0 bridgehead atoms. The normalized spacial score (nSPS) is 10.3. The van der Waals surface area contributed by atoms with E-state index in [1.807, 2.05) is 24.3 Å². The first-order chi connectivity index (χ1) is 9.60. The van der Waals surface area contributed by atoms with Gasteiger partial charge in [-0.15, -0.1) is 0 Å². The molecule has 0 spiro atoms. The topological polar surface area (TPSA) is 81.0 Å². The highest BCUT2D eigenvalue weighted by molar-refractivity contribution is 6.28. The van der Waals surface area contributed by atoms with E-state index in [0.29, 0.717) is 5.69 Å². The molecule has 0 saturated heterocycles. The third-order valence-corrected chi connectivity index (χ3v) is 2.87. The second-order valence-electron chi connectivity index (χ2n) is 4.20. The van der Waals surface area contributed by atoms with Gasteiger partial charge in [0.25, 0.3) is 0 Å². The minimum absolute atomic E-state index is 0.0410. The molecule has 0 radical (unpaired) electrons. The van der Waals surface area contributed by atoms with Gasteiger partial charge in [0.15, 0.2) is 0 Å². The number of nitro groups is 1. The summed E-state index contributed by atoms with van der Waals surface area (Å²) in [7, 11) is 0. The van der Waals surface area contributed by atoms with Crippen molar-refractivity contribution < 1.29 is 4.92 Å². The number of hydrogen-bond donors (Lipinski definition) is 1. The molecule has 0 aliphatic rings. The van der Waals surface area contributed by atoms with Gasteiger partial charge in [0.1, 0.15) is 6.20 Å². The zero-order chi connectivity index (χ0) is 14.5. The van der Waals surface area contributed by atoms with Crippen molar-refractivity contribution in [1.29, 1.82) is 0 Å². The molecule has 7 heteroatoms. The van der Waals surface area contributed by atoms with Gasteiger partial charge in [-0.1, -0.05) is 25.5 Å².